The molecule has 0 amide bonds. The molecule has 0 spiro atoms. The number of rotatable bonds is 3. The molecule has 2 aromatic rings. The van der Waals surface area contributed by atoms with E-state index in [2.05, 4.69) is 25.4 Å². The second kappa shape index (κ2) is 6.68. The Balaban J connectivity index is 2.04. The number of hydrogen-bond acceptors (Lipinski definition) is 4. The molecule has 2 heterocycles. The van der Waals surface area contributed by atoms with Crippen LogP contribution in [-0.2, 0) is 16.8 Å². The highest BCUT2D eigenvalue weighted by molar-refractivity contribution is 9.10. The maximum absolute atomic E-state index is 12.8. The zero-order valence-corrected chi connectivity index (χ0v) is 15.7. The average molecular weight is 412 g/mol. The number of ketones is 1. The van der Waals surface area contributed by atoms with Crippen LogP contribution in [0.3, 0.4) is 0 Å². The smallest absolute Gasteiger partial charge is 0.277 e. The van der Waals surface area contributed by atoms with Gasteiger partial charge >= 0.3 is 0 Å². The van der Waals surface area contributed by atoms with Gasteiger partial charge in [0.15, 0.2) is 0 Å². The molecule has 6 nitrogen and oxygen atoms in total. The van der Waals surface area contributed by atoms with E-state index < -0.39 is 9.73 Å². The fourth-order valence-corrected chi connectivity index (χ4v) is 5.60. The Bertz CT molecular complexity index is 955. The molecule has 0 aliphatic carbocycles. The van der Waals surface area contributed by atoms with Gasteiger partial charge in [0, 0.05) is 30.3 Å². The van der Waals surface area contributed by atoms with Crippen molar-refractivity contribution in [2.45, 2.75) is 19.3 Å². The largest absolute Gasteiger partial charge is 0.302 e. The second-order valence-corrected chi connectivity index (χ2v) is 9.19. The number of nitrogens with zero attached hydrogens (tertiary/aromatic N) is 2. The van der Waals surface area contributed by atoms with Crippen LogP contribution >= 0.6 is 15.9 Å². The highest BCUT2D eigenvalue weighted by atomic mass is 79.9. The summed E-state index contributed by atoms with van der Waals surface area (Å²) < 4.78 is 19.0. The van der Waals surface area contributed by atoms with E-state index in [4.69, 9.17) is 0 Å². The summed E-state index contributed by atoms with van der Waals surface area (Å²) in [5.74, 6) is 0.797. The summed E-state index contributed by atoms with van der Waals surface area (Å²) >= 11 is 3.40. The number of hydrogen-bond donors (Lipinski definition) is 1. The Morgan fingerprint density at radius 2 is 1.96 bits per heavy atom. The van der Waals surface area contributed by atoms with E-state index in [1.807, 2.05) is 0 Å². The highest BCUT2D eigenvalue weighted by Crippen LogP contribution is 2.32. The molecule has 0 bridgehead atoms. The molecule has 1 saturated heterocycles. The Morgan fingerprint density at radius 3 is 2.58 bits per heavy atom. The van der Waals surface area contributed by atoms with E-state index in [-0.39, 0.29) is 16.9 Å². The molecule has 0 unspecified atom stereocenters. The van der Waals surface area contributed by atoms with E-state index in [0.717, 1.165) is 19.3 Å². The molecule has 0 radical (unpaired) electrons. The third-order valence-electron chi connectivity index (χ3n) is 4.10. The lowest BCUT2D eigenvalue weighted by Gasteiger charge is -2.16. The Labute approximate surface area is 148 Å². The number of aromatic amines is 1. The van der Waals surface area contributed by atoms with Gasteiger partial charge in [0.1, 0.15) is 5.56 Å². The average Bonchev–Trinajstić information content (AvgIpc) is 2.89. The van der Waals surface area contributed by atoms with Crippen molar-refractivity contribution in [1.29, 1.82) is 0 Å². The quantitative estimate of drug-likeness (QED) is 0.787. The minimum absolute atomic E-state index is 0.0669. The van der Waals surface area contributed by atoms with E-state index >= 15 is 0 Å². The van der Waals surface area contributed by atoms with Crippen molar-refractivity contribution in [3.8, 4) is 0 Å². The first-order valence-corrected chi connectivity index (χ1v) is 10.4. The molecule has 1 fully saturated rings. The summed E-state index contributed by atoms with van der Waals surface area (Å²) in [6, 6.07) is 5.06. The molecule has 8 heteroatoms. The Kier molecular flexibility index (Phi) is 4.78. The normalized spacial score (nSPS) is 16.8. The minimum Gasteiger partial charge on any atom is -0.302 e. The molecule has 1 N–H and O–H groups in total. The van der Waals surface area contributed by atoms with Crippen LogP contribution in [0, 0.1) is 0 Å². The number of benzene rings is 1. The van der Waals surface area contributed by atoms with Crippen LogP contribution in [0.15, 0.2) is 38.0 Å². The predicted octanol–water partition coefficient (Wildman–Crippen LogP) is 2.99. The van der Waals surface area contributed by atoms with Gasteiger partial charge in [-0.05, 0) is 40.9 Å². The second-order valence-electron chi connectivity index (χ2n) is 5.85. The fraction of sp³-hybridized carbons (Fsp3) is 0.375. The topological polar surface area (TPSA) is 84.3 Å². The number of H-pyrrole nitrogens is 1. The van der Waals surface area contributed by atoms with Gasteiger partial charge in [-0.25, -0.2) is 4.21 Å². The lowest BCUT2D eigenvalue weighted by Crippen LogP contribution is -2.19. The number of halogens is 1. The first-order chi connectivity index (χ1) is 11.4. The molecule has 24 heavy (non-hydrogen) atoms. The number of aryl methyl sites for hydroxylation is 1. The van der Waals surface area contributed by atoms with Crippen molar-refractivity contribution in [1.82, 2.24) is 9.78 Å². The van der Waals surface area contributed by atoms with Crippen molar-refractivity contribution < 1.29 is 9.00 Å². The van der Waals surface area contributed by atoms with Crippen molar-refractivity contribution in [2.24, 2.45) is 11.4 Å². The van der Waals surface area contributed by atoms with Gasteiger partial charge in [-0.3, -0.25) is 14.3 Å². The summed E-state index contributed by atoms with van der Waals surface area (Å²) in [6.45, 7) is 0. The maximum atomic E-state index is 12.8. The third-order valence-corrected chi connectivity index (χ3v) is 7.31. The number of nitrogens with one attached hydrogen (secondary N) is 1. The van der Waals surface area contributed by atoms with E-state index in [9.17, 15) is 13.8 Å². The van der Waals surface area contributed by atoms with Crippen molar-refractivity contribution in [2.75, 3.05) is 11.5 Å². The Hall–Kier alpha value is -1.67. The third kappa shape index (κ3) is 3.25. The number of carbonyl (C=O) groups is 1. The molecule has 1 aliphatic heterocycles. The van der Waals surface area contributed by atoms with Crippen LogP contribution in [0.25, 0.3) is 0 Å². The number of aromatic nitrogens is 2. The van der Waals surface area contributed by atoms with Crippen LogP contribution < -0.4 is 5.56 Å². The highest BCUT2D eigenvalue weighted by Gasteiger charge is 2.21. The van der Waals surface area contributed by atoms with Crippen LogP contribution in [0.4, 0.5) is 5.69 Å². The molecule has 0 saturated carbocycles. The molecule has 1 aromatic heterocycles. The summed E-state index contributed by atoms with van der Waals surface area (Å²) in [6.07, 6.45) is 4.31. The van der Waals surface area contributed by atoms with E-state index in [1.54, 1.807) is 25.2 Å². The summed E-state index contributed by atoms with van der Waals surface area (Å²) in [4.78, 5) is 24.6. The van der Waals surface area contributed by atoms with Crippen LogP contribution in [0.2, 0.25) is 0 Å². The van der Waals surface area contributed by atoms with Gasteiger partial charge in [-0.2, -0.15) is 4.36 Å². The van der Waals surface area contributed by atoms with Crippen LogP contribution in [-0.4, -0.2) is 31.3 Å². The summed E-state index contributed by atoms with van der Waals surface area (Å²) in [7, 11) is -0.716. The standard InChI is InChI=1S/C16H18BrN3O3S/c1-20-16(22)12(10-18-20)15(21)11-6-5-7-13(14(11)17)19-24(23)8-3-2-4-9-24/h5-7,10,18H,2-4,8-9H2,1H3. The zero-order valence-electron chi connectivity index (χ0n) is 13.3. The van der Waals surface area contributed by atoms with Gasteiger partial charge in [0.2, 0.25) is 5.78 Å². The molecular weight excluding hydrogens is 394 g/mol. The summed E-state index contributed by atoms with van der Waals surface area (Å²) in [5, 5.41) is 2.69. The monoisotopic (exact) mass is 411 g/mol. The molecular formula is C16H18BrN3O3S. The maximum Gasteiger partial charge on any atom is 0.277 e. The van der Waals surface area contributed by atoms with Crippen LogP contribution in [0.1, 0.15) is 35.2 Å². The molecule has 0 atom stereocenters. The van der Waals surface area contributed by atoms with Gasteiger partial charge in [-0.15, -0.1) is 0 Å². The predicted molar refractivity (Wildman–Crippen MR) is 97.4 cm³/mol. The molecule has 128 valence electrons. The molecule has 3 rings (SSSR count). The van der Waals surface area contributed by atoms with E-state index in [1.165, 1.54) is 10.9 Å². The minimum atomic E-state index is -2.27. The van der Waals surface area contributed by atoms with Gasteiger partial charge in [-0.1, -0.05) is 12.5 Å². The van der Waals surface area contributed by atoms with Crippen molar-refractivity contribution in [3.05, 3.63) is 50.3 Å². The van der Waals surface area contributed by atoms with Gasteiger partial charge < -0.3 is 5.10 Å². The van der Waals surface area contributed by atoms with Crippen molar-refractivity contribution >= 4 is 37.1 Å². The number of carbonyl (C=O) groups excluding carboxylic acids is 1. The van der Waals surface area contributed by atoms with Crippen LogP contribution in [0.5, 0.6) is 0 Å². The molecule has 1 aliphatic rings. The lowest BCUT2D eigenvalue weighted by molar-refractivity contribution is 0.103. The zero-order chi connectivity index (χ0) is 17.3. The molecule has 1 aromatic carbocycles. The fourth-order valence-electron chi connectivity index (χ4n) is 2.74. The van der Waals surface area contributed by atoms with Crippen molar-refractivity contribution in [3.63, 3.8) is 0 Å². The van der Waals surface area contributed by atoms with Gasteiger partial charge in [0.25, 0.3) is 5.56 Å². The van der Waals surface area contributed by atoms with Gasteiger partial charge in [0.05, 0.1) is 19.9 Å². The first kappa shape index (κ1) is 17.2. The Morgan fingerprint density at radius 1 is 1.25 bits per heavy atom. The first-order valence-electron chi connectivity index (χ1n) is 7.71. The van der Waals surface area contributed by atoms with E-state index in [0.29, 0.717) is 27.2 Å². The SMILES string of the molecule is Cn1[nH]cc(C(=O)c2cccc(N=S3(=O)CCCCC3)c2Br)c1=O. The summed E-state index contributed by atoms with van der Waals surface area (Å²) in [5.41, 5.74) is 0.525. The lowest BCUT2D eigenvalue weighted by atomic mass is 10.1.